The summed E-state index contributed by atoms with van der Waals surface area (Å²) in [7, 11) is -6.87. The lowest BCUT2D eigenvalue weighted by Gasteiger charge is -2.23. The van der Waals surface area contributed by atoms with Crippen molar-refractivity contribution < 1.29 is 21.8 Å². The Morgan fingerprint density at radius 3 is 2.25 bits per heavy atom. The van der Waals surface area contributed by atoms with Gasteiger partial charge in [-0.05, 0) is 18.6 Å². The van der Waals surface area contributed by atoms with Gasteiger partial charge in [-0.25, -0.2) is 21.1 Å². The minimum atomic E-state index is -3.55. The molecule has 0 bridgehead atoms. The normalized spacial score (nSPS) is 17.5. The number of hydrogen-bond donors (Lipinski definition) is 0. The molecule has 2 rings (SSSR count). The third kappa shape index (κ3) is 4.22. The Balaban J connectivity index is 2.36. The molecule has 1 aromatic rings. The average Bonchev–Trinajstić information content (AvgIpc) is 2.71. The molecule has 9 nitrogen and oxygen atoms in total. The highest BCUT2D eigenvalue weighted by molar-refractivity contribution is 7.90. The van der Waals surface area contributed by atoms with Crippen LogP contribution in [0.4, 0.5) is 11.4 Å². The molecule has 134 valence electrons. The van der Waals surface area contributed by atoms with Crippen molar-refractivity contribution in [2.45, 2.75) is 11.3 Å². The summed E-state index contributed by atoms with van der Waals surface area (Å²) in [5.74, 6) is 0. The van der Waals surface area contributed by atoms with E-state index in [1.165, 1.54) is 16.4 Å². The van der Waals surface area contributed by atoms with E-state index in [4.69, 9.17) is 0 Å². The average molecular weight is 377 g/mol. The van der Waals surface area contributed by atoms with Gasteiger partial charge in [0.05, 0.1) is 16.1 Å². The fourth-order valence-electron chi connectivity index (χ4n) is 2.61. The molecule has 0 N–H and O–H groups in total. The van der Waals surface area contributed by atoms with E-state index in [-0.39, 0.29) is 17.1 Å². The molecule has 1 saturated heterocycles. The van der Waals surface area contributed by atoms with Crippen LogP contribution in [0.5, 0.6) is 0 Å². The molecule has 1 aliphatic rings. The van der Waals surface area contributed by atoms with Crippen LogP contribution in [-0.4, -0.2) is 64.8 Å². The summed E-state index contributed by atoms with van der Waals surface area (Å²) in [6.45, 7) is 1.32. The Labute approximate surface area is 141 Å². The van der Waals surface area contributed by atoms with E-state index >= 15 is 0 Å². The summed E-state index contributed by atoms with van der Waals surface area (Å²) < 4.78 is 47.8. The fourth-order valence-corrected chi connectivity index (χ4v) is 4.13. The molecule has 0 saturated carbocycles. The van der Waals surface area contributed by atoms with Crippen molar-refractivity contribution in [1.29, 1.82) is 0 Å². The highest BCUT2D eigenvalue weighted by Gasteiger charge is 2.26. The van der Waals surface area contributed by atoms with Gasteiger partial charge >= 0.3 is 0 Å². The number of sulfone groups is 1. The van der Waals surface area contributed by atoms with Crippen LogP contribution in [0.2, 0.25) is 0 Å². The molecule has 0 unspecified atom stereocenters. The zero-order chi connectivity index (χ0) is 18.1. The molecular formula is C13H19N3O6S2. The summed E-state index contributed by atoms with van der Waals surface area (Å²) in [4.78, 5) is 12.3. The quantitative estimate of drug-likeness (QED) is 0.553. The van der Waals surface area contributed by atoms with Crippen molar-refractivity contribution >= 4 is 31.2 Å². The van der Waals surface area contributed by atoms with Gasteiger partial charge in [0.2, 0.25) is 10.0 Å². The molecular weight excluding hydrogens is 358 g/mol. The molecule has 1 aromatic carbocycles. The van der Waals surface area contributed by atoms with Crippen LogP contribution in [0.3, 0.4) is 0 Å². The highest BCUT2D eigenvalue weighted by atomic mass is 32.2. The molecule has 1 fully saturated rings. The molecule has 1 aliphatic heterocycles. The van der Waals surface area contributed by atoms with Crippen molar-refractivity contribution in [1.82, 2.24) is 4.31 Å². The van der Waals surface area contributed by atoms with E-state index in [0.717, 1.165) is 18.6 Å². The summed E-state index contributed by atoms with van der Waals surface area (Å²) in [5.41, 5.74) is -0.00604. The fraction of sp³-hybridized carbons (Fsp3) is 0.538. The lowest BCUT2D eigenvalue weighted by molar-refractivity contribution is -0.384. The molecule has 0 aromatic heterocycles. The maximum Gasteiger partial charge on any atom is 0.293 e. The van der Waals surface area contributed by atoms with Crippen LogP contribution in [0.1, 0.15) is 6.42 Å². The van der Waals surface area contributed by atoms with Crippen LogP contribution < -0.4 is 4.90 Å². The smallest absolute Gasteiger partial charge is 0.293 e. The third-order valence-electron chi connectivity index (χ3n) is 3.84. The first-order chi connectivity index (χ1) is 11.0. The number of sulfonamides is 1. The standard InChI is InChI=1S/C13H19N3O6S2/c1-23(19,20)11-4-5-12(13(10-11)16(17)18)14-6-3-7-15(9-8-14)24(2,21)22/h4-5,10H,3,6-9H2,1-2H3. The van der Waals surface area contributed by atoms with E-state index in [9.17, 15) is 26.9 Å². The van der Waals surface area contributed by atoms with Gasteiger partial charge in [0.15, 0.2) is 9.84 Å². The maximum atomic E-state index is 11.6. The number of rotatable bonds is 4. The number of anilines is 1. The molecule has 11 heteroatoms. The summed E-state index contributed by atoms with van der Waals surface area (Å²) in [6.07, 6.45) is 2.64. The van der Waals surface area contributed by atoms with Gasteiger partial charge < -0.3 is 4.90 Å². The Morgan fingerprint density at radius 1 is 1.04 bits per heavy atom. The molecule has 0 atom stereocenters. The van der Waals surface area contributed by atoms with Crippen LogP contribution in [0.25, 0.3) is 0 Å². The van der Waals surface area contributed by atoms with Crippen LogP contribution in [0.15, 0.2) is 23.1 Å². The second-order valence-corrected chi connectivity index (χ2v) is 9.68. The summed E-state index contributed by atoms with van der Waals surface area (Å²) >= 11 is 0. The van der Waals surface area contributed by atoms with E-state index in [0.29, 0.717) is 31.7 Å². The predicted molar refractivity (Wildman–Crippen MR) is 89.5 cm³/mol. The monoisotopic (exact) mass is 377 g/mol. The lowest BCUT2D eigenvalue weighted by Crippen LogP contribution is -2.34. The van der Waals surface area contributed by atoms with Crippen molar-refractivity contribution in [2.24, 2.45) is 0 Å². The largest absolute Gasteiger partial charge is 0.365 e. The Kier molecular flexibility index (Phi) is 5.16. The van der Waals surface area contributed by atoms with Gasteiger partial charge in [-0.2, -0.15) is 0 Å². The predicted octanol–water partition coefficient (Wildman–Crippen LogP) is 0.470. The maximum absolute atomic E-state index is 11.6. The minimum Gasteiger partial charge on any atom is -0.365 e. The first-order valence-electron chi connectivity index (χ1n) is 7.19. The van der Waals surface area contributed by atoms with Crippen LogP contribution >= 0.6 is 0 Å². The highest BCUT2D eigenvalue weighted by Crippen LogP contribution is 2.31. The van der Waals surface area contributed by atoms with E-state index in [2.05, 4.69) is 0 Å². The zero-order valence-corrected chi connectivity index (χ0v) is 15.0. The second kappa shape index (κ2) is 6.65. The number of hydrogen-bond acceptors (Lipinski definition) is 7. The van der Waals surface area contributed by atoms with Gasteiger partial charge in [0, 0.05) is 38.5 Å². The number of nitro benzene ring substituents is 1. The van der Waals surface area contributed by atoms with Gasteiger partial charge in [0.1, 0.15) is 5.69 Å². The molecule has 24 heavy (non-hydrogen) atoms. The number of benzene rings is 1. The van der Waals surface area contributed by atoms with Gasteiger partial charge in [0.25, 0.3) is 5.69 Å². The van der Waals surface area contributed by atoms with Crippen molar-refractivity contribution in [3.8, 4) is 0 Å². The Morgan fingerprint density at radius 2 is 1.71 bits per heavy atom. The molecule has 0 spiro atoms. The summed E-state index contributed by atoms with van der Waals surface area (Å²) in [5, 5.41) is 11.3. The lowest BCUT2D eigenvalue weighted by atomic mass is 10.2. The van der Waals surface area contributed by atoms with E-state index in [1.54, 1.807) is 4.90 Å². The first kappa shape index (κ1) is 18.6. The van der Waals surface area contributed by atoms with Gasteiger partial charge in [-0.1, -0.05) is 0 Å². The Bertz CT molecular complexity index is 850. The number of nitro groups is 1. The molecule has 0 radical (unpaired) electrons. The third-order valence-corrected chi connectivity index (χ3v) is 6.25. The second-order valence-electron chi connectivity index (χ2n) is 5.68. The van der Waals surface area contributed by atoms with Crippen molar-refractivity contribution in [3.05, 3.63) is 28.3 Å². The topological polar surface area (TPSA) is 118 Å². The van der Waals surface area contributed by atoms with Crippen LogP contribution in [-0.2, 0) is 19.9 Å². The molecule has 0 aliphatic carbocycles. The SMILES string of the molecule is CS(=O)(=O)c1ccc(N2CCCN(S(C)(=O)=O)CC2)c([N+](=O)[O-])c1. The minimum absolute atomic E-state index is 0.120. The van der Waals surface area contributed by atoms with Gasteiger partial charge in [-0.3, -0.25) is 10.1 Å². The van der Waals surface area contributed by atoms with Crippen molar-refractivity contribution in [2.75, 3.05) is 43.6 Å². The summed E-state index contributed by atoms with van der Waals surface area (Å²) in [6, 6.07) is 3.78. The zero-order valence-electron chi connectivity index (χ0n) is 13.4. The molecule has 1 heterocycles. The van der Waals surface area contributed by atoms with Crippen LogP contribution in [0, 0.1) is 10.1 Å². The Hall–Kier alpha value is -1.72. The first-order valence-corrected chi connectivity index (χ1v) is 10.9. The van der Waals surface area contributed by atoms with E-state index in [1.807, 2.05) is 0 Å². The van der Waals surface area contributed by atoms with E-state index < -0.39 is 24.8 Å². The molecule has 0 amide bonds. The van der Waals surface area contributed by atoms with Crippen molar-refractivity contribution in [3.63, 3.8) is 0 Å². The number of nitrogens with zero attached hydrogens (tertiary/aromatic N) is 3. The van der Waals surface area contributed by atoms with Gasteiger partial charge in [-0.15, -0.1) is 0 Å².